The number of hydrogen-bond acceptors (Lipinski definition) is 6. The molecule has 7 nitrogen and oxygen atoms in total. The Balaban J connectivity index is 1.33. The van der Waals surface area contributed by atoms with Crippen molar-refractivity contribution in [3.8, 4) is 11.4 Å². The molecule has 0 radical (unpaired) electrons. The van der Waals surface area contributed by atoms with Crippen molar-refractivity contribution in [2.75, 3.05) is 13.1 Å². The smallest absolute Gasteiger partial charge is 0.164 e. The van der Waals surface area contributed by atoms with E-state index < -0.39 is 0 Å². The van der Waals surface area contributed by atoms with Crippen molar-refractivity contribution in [1.29, 1.82) is 0 Å². The van der Waals surface area contributed by atoms with E-state index >= 15 is 0 Å². The van der Waals surface area contributed by atoms with Gasteiger partial charge in [0.2, 0.25) is 0 Å². The molecule has 0 spiro atoms. The van der Waals surface area contributed by atoms with E-state index in [1.807, 2.05) is 18.4 Å². The fraction of sp³-hybridized carbons (Fsp3) is 0.360. The van der Waals surface area contributed by atoms with Crippen molar-refractivity contribution in [2.24, 2.45) is 0 Å². The molecule has 2 aliphatic rings. The SMILES string of the molecule is Cc1nc(C)c2nc(-c3cncc(F)c3)n(Cc3ccc(CN4C[C@@H]5C[C@H]4CN5)cc3)c2n1. The Kier molecular flexibility index (Phi) is 4.92. The Morgan fingerprint density at radius 2 is 1.82 bits per heavy atom. The molecule has 0 saturated carbocycles. The molecule has 4 aromatic rings. The molecule has 0 unspecified atom stereocenters. The van der Waals surface area contributed by atoms with Gasteiger partial charge >= 0.3 is 0 Å². The summed E-state index contributed by atoms with van der Waals surface area (Å²) in [5, 5.41) is 3.56. The first-order valence-electron chi connectivity index (χ1n) is 11.4. The minimum Gasteiger partial charge on any atom is -0.311 e. The molecule has 1 N–H and O–H groups in total. The molecule has 2 aliphatic heterocycles. The van der Waals surface area contributed by atoms with Crippen LogP contribution in [-0.2, 0) is 13.1 Å². The summed E-state index contributed by atoms with van der Waals surface area (Å²) < 4.78 is 16.0. The van der Waals surface area contributed by atoms with Crippen molar-refractivity contribution in [3.05, 3.63) is 71.2 Å². The van der Waals surface area contributed by atoms with E-state index in [4.69, 9.17) is 4.98 Å². The molecule has 0 aliphatic carbocycles. The minimum absolute atomic E-state index is 0.389. The summed E-state index contributed by atoms with van der Waals surface area (Å²) in [5.74, 6) is 0.944. The normalized spacial score (nSPS) is 20.2. The molecule has 3 aromatic heterocycles. The molecule has 2 atom stereocenters. The highest BCUT2D eigenvalue weighted by Gasteiger charge is 2.37. The number of hydrogen-bond donors (Lipinski definition) is 1. The zero-order chi connectivity index (χ0) is 22.5. The molecule has 168 valence electrons. The Hall–Kier alpha value is -3.23. The molecule has 6 rings (SSSR count). The van der Waals surface area contributed by atoms with Crippen LogP contribution in [0.1, 0.15) is 29.1 Å². The van der Waals surface area contributed by atoms with Gasteiger partial charge in [0.05, 0.1) is 18.4 Å². The monoisotopic (exact) mass is 443 g/mol. The largest absolute Gasteiger partial charge is 0.311 e. The maximum Gasteiger partial charge on any atom is 0.164 e. The van der Waals surface area contributed by atoms with Gasteiger partial charge in [-0.15, -0.1) is 0 Å². The summed E-state index contributed by atoms with van der Waals surface area (Å²) in [6, 6.07) is 11.5. The number of nitrogens with one attached hydrogen (secondary N) is 1. The third-order valence-corrected chi connectivity index (χ3v) is 6.76. The van der Waals surface area contributed by atoms with Gasteiger partial charge in [0.1, 0.15) is 23.0 Å². The van der Waals surface area contributed by atoms with Crippen molar-refractivity contribution >= 4 is 11.2 Å². The number of pyridine rings is 1. The van der Waals surface area contributed by atoms with Gasteiger partial charge < -0.3 is 9.88 Å². The number of fused-ring (bicyclic) bond motifs is 3. The van der Waals surface area contributed by atoms with Crippen molar-refractivity contribution in [3.63, 3.8) is 0 Å². The number of imidazole rings is 1. The lowest BCUT2D eigenvalue weighted by Crippen LogP contribution is -2.42. The van der Waals surface area contributed by atoms with Crippen LogP contribution in [0.4, 0.5) is 4.39 Å². The van der Waals surface area contributed by atoms with E-state index in [-0.39, 0.29) is 5.82 Å². The fourth-order valence-corrected chi connectivity index (χ4v) is 5.19. The first kappa shape index (κ1) is 20.4. The Bertz CT molecular complexity index is 1330. The van der Waals surface area contributed by atoms with Gasteiger partial charge in [0.15, 0.2) is 5.65 Å². The molecule has 8 heteroatoms. The van der Waals surface area contributed by atoms with Crippen molar-refractivity contribution < 1.29 is 4.39 Å². The molecule has 2 bridgehead atoms. The maximum absolute atomic E-state index is 13.9. The van der Waals surface area contributed by atoms with Crippen LogP contribution in [0.5, 0.6) is 0 Å². The molecular weight excluding hydrogens is 417 g/mol. The highest BCUT2D eigenvalue weighted by Crippen LogP contribution is 2.27. The summed E-state index contributed by atoms with van der Waals surface area (Å²) in [6.45, 7) is 7.62. The predicted octanol–water partition coefficient (Wildman–Crippen LogP) is 3.24. The van der Waals surface area contributed by atoms with Gasteiger partial charge in [0.25, 0.3) is 0 Å². The second-order valence-corrected chi connectivity index (χ2v) is 9.18. The van der Waals surface area contributed by atoms with Crippen LogP contribution < -0.4 is 5.32 Å². The second-order valence-electron chi connectivity index (χ2n) is 9.18. The topological polar surface area (TPSA) is 71.8 Å². The van der Waals surface area contributed by atoms with Gasteiger partial charge in [0, 0.05) is 43.5 Å². The number of likely N-dealkylation sites (tertiary alicyclic amines) is 1. The number of piperazine rings is 1. The first-order chi connectivity index (χ1) is 16.0. The van der Waals surface area contributed by atoms with Crippen LogP contribution >= 0.6 is 0 Å². The summed E-state index contributed by atoms with van der Waals surface area (Å²) in [5.41, 5.74) is 5.39. The number of halogens is 1. The molecule has 0 amide bonds. The summed E-state index contributed by atoms with van der Waals surface area (Å²) in [6.07, 6.45) is 4.11. The molecule has 33 heavy (non-hydrogen) atoms. The standard InChI is InChI=1S/C25H26FN7/c1-15-23-25(30-16(2)29-15)33(24(31-23)19-7-20(26)10-27-9-19)13-18-5-3-17(4-6-18)12-32-14-21-8-22(32)11-28-21/h3-7,9-10,21-22,28H,8,11-14H2,1-2H3/t21-,22-/m0/s1. The zero-order valence-electron chi connectivity index (χ0n) is 18.8. The van der Waals surface area contributed by atoms with E-state index in [9.17, 15) is 4.39 Å². The number of rotatable bonds is 5. The Morgan fingerprint density at radius 1 is 1.03 bits per heavy atom. The Morgan fingerprint density at radius 3 is 2.52 bits per heavy atom. The number of benzene rings is 1. The number of nitrogens with zero attached hydrogens (tertiary/aromatic N) is 6. The minimum atomic E-state index is -0.389. The van der Waals surface area contributed by atoms with Crippen molar-refractivity contribution in [1.82, 2.24) is 34.7 Å². The Labute approximate surface area is 191 Å². The molecule has 5 heterocycles. The van der Waals surface area contributed by atoms with Gasteiger partial charge in [-0.25, -0.2) is 19.3 Å². The number of aromatic nitrogens is 5. The summed E-state index contributed by atoms with van der Waals surface area (Å²) >= 11 is 0. The third kappa shape index (κ3) is 3.79. The zero-order valence-corrected chi connectivity index (χ0v) is 18.8. The van der Waals surface area contributed by atoms with Crippen molar-refractivity contribution in [2.45, 2.75) is 45.4 Å². The van der Waals surface area contributed by atoms with E-state index in [1.54, 1.807) is 6.20 Å². The van der Waals surface area contributed by atoms with Crippen LogP contribution in [-0.4, -0.2) is 54.6 Å². The maximum atomic E-state index is 13.9. The van der Waals surface area contributed by atoms with Gasteiger partial charge in [-0.1, -0.05) is 24.3 Å². The van der Waals surface area contributed by atoms with Crippen LogP contribution in [0, 0.1) is 19.7 Å². The molecule has 2 saturated heterocycles. The average Bonchev–Trinajstić information content (AvgIpc) is 3.50. The van der Waals surface area contributed by atoms with Crippen LogP contribution in [0.2, 0.25) is 0 Å². The summed E-state index contributed by atoms with van der Waals surface area (Å²) in [4.78, 5) is 20.5. The lowest BCUT2D eigenvalue weighted by molar-refractivity contribution is 0.218. The fourth-order valence-electron chi connectivity index (χ4n) is 5.19. The lowest BCUT2D eigenvalue weighted by Gasteiger charge is -2.27. The first-order valence-corrected chi connectivity index (χ1v) is 11.4. The highest BCUT2D eigenvalue weighted by molar-refractivity contribution is 5.79. The average molecular weight is 444 g/mol. The number of aryl methyl sites for hydroxylation is 2. The van der Waals surface area contributed by atoms with Crippen LogP contribution in [0.15, 0.2) is 42.7 Å². The van der Waals surface area contributed by atoms with E-state index in [1.165, 1.54) is 24.2 Å². The highest BCUT2D eigenvalue weighted by atomic mass is 19.1. The summed E-state index contributed by atoms with van der Waals surface area (Å²) in [7, 11) is 0. The van der Waals surface area contributed by atoms with E-state index in [2.05, 4.69) is 49.4 Å². The van der Waals surface area contributed by atoms with Gasteiger partial charge in [-0.2, -0.15) is 0 Å². The van der Waals surface area contributed by atoms with Gasteiger partial charge in [-0.3, -0.25) is 9.88 Å². The second kappa shape index (κ2) is 7.97. The van der Waals surface area contributed by atoms with Crippen LogP contribution in [0.25, 0.3) is 22.6 Å². The lowest BCUT2D eigenvalue weighted by atomic mass is 10.1. The van der Waals surface area contributed by atoms with E-state index in [0.717, 1.165) is 42.1 Å². The molecule has 2 fully saturated rings. The quantitative estimate of drug-likeness (QED) is 0.511. The molecule has 1 aromatic carbocycles. The van der Waals surface area contributed by atoms with Crippen LogP contribution in [0.3, 0.4) is 0 Å². The molecular formula is C25H26FN7. The third-order valence-electron chi connectivity index (χ3n) is 6.76. The van der Waals surface area contributed by atoms with E-state index in [0.29, 0.717) is 35.8 Å². The van der Waals surface area contributed by atoms with Gasteiger partial charge in [-0.05, 0) is 37.5 Å². The predicted molar refractivity (Wildman–Crippen MR) is 124 cm³/mol.